The van der Waals surface area contributed by atoms with Gasteiger partial charge in [0.05, 0.1) is 10.2 Å². The maximum absolute atomic E-state index is 12.2. The highest BCUT2D eigenvalue weighted by Crippen LogP contribution is 2.20. The van der Waals surface area contributed by atoms with Gasteiger partial charge in [-0.2, -0.15) is 0 Å². The highest BCUT2D eigenvalue weighted by molar-refractivity contribution is 7.92. The zero-order chi connectivity index (χ0) is 13.2. The van der Waals surface area contributed by atoms with Crippen molar-refractivity contribution in [2.45, 2.75) is 23.1 Å². The van der Waals surface area contributed by atoms with Crippen molar-refractivity contribution in [1.29, 1.82) is 0 Å². The van der Waals surface area contributed by atoms with Crippen molar-refractivity contribution in [3.05, 3.63) is 28.4 Å². The molecule has 1 N–H and O–H groups in total. The van der Waals surface area contributed by atoms with Gasteiger partial charge >= 0.3 is 0 Å². The fourth-order valence-corrected chi connectivity index (χ4v) is 3.52. The predicted molar refractivity (Wildman–Crippen MR) is 64.0 cm³/mol. The van der Waals surface area contributed by atoms with Crippen molar-refractivity contribution in [1.82, 2.24) is 10.3 Å². The molecule has 7 nitrogen and oxygen atoms in total. The van der Waals surface area contributed by atoms with Crippen LogP contribution >= 0.6 is 0 Å². The van der Waals surface area contributed by atoms with E-state index in [1.165, 1.54) is 6.07 Å². The molecule has 8 heteroatoms. The predicted octanol–water partition coefficient (Wildman–Crippen LogP) is 0.515. The van der Waals surface area contributed by atoms with E-state index in [-0.39, 0.29) is 10.7 Å². The smallest absolute Gasteiger partial charge is 0.287 e. The summed E-state index contributed by atoms with van der Waals surface area (Å²) in [5.41, 5.74) is -0.212. The van der Waals surface area contributed by atoms with Crippen molar-refractivity contribution in [2.24, 2.45) is 0 Å². The second-order valence-corrected chi connectivity index (χ2v) is 6.30. The number of nitrogens with one attached hydrogen (secondary N) is 1. The Bertz CT molecular complexity index is 535. The SMILES string of the molecule is O=[N+]([O-])c1ccc(S(=O)(=O)C2CCCNC2)nc1. The first-order valence-electron chi connectivity index (χ1n) is 5.57. The van der Waals surface area contributed by atoms with Crippen LogP contribution in [-0.4, -0.2) is 36.7 Å². The first-order chi connectivity index (χ1) is 8.51. The molecule has 0 bridgehead atoms. The Balaban J connectivity index is 2.26. The molecule has 1 aliphatic heterocycles. The van der Waals surface area contributed by atoms with Gasteiger partial charge in [0, 0.05) is 12.6 Å². The van der Waals surface area contributed by atoms with E-state index in [1.54, 1.807) is 0 Å². The minimum Gasteiger partial charge on any atom is -0.315 e. The molecule has 0 amide bonds. The van der Waals surface area contributed by atoms with Crippen LogP contribution in [0.4, 0.5) is 5.69 Å². The van der Waals surface area contributed by atoms with Gasteiger partial charge < -0.3 is 5.32 Å². The molecule has 2 heterocycles. The molecular formula is C10H13N3O4S. The highest BCUT2D eigenvalue weighted by Gasteiger charge is 2.30. The lowest BCUT2D eigenvalue weighted by atomic mass is 10.2. The van der Waals surface area contributed by atoms with E-state index >= 15 is 0 Å². The number of nitrogens with zero attached hydrogens (tertiary/aromatic N) is 2. The molecule has 0 aliphatic carbocycles. The molecule has 0 spiro atoms. The molecule has 1 atom stereocenters. The Morgan fingerprint density at radius 3 is 2.72 bits per heavy atom. The third-order valence-corrected chi connectivity index (χ3v) is 5.02. The third-order valence-electron chi connectivity index (χ3n) is 2.91. The van der Waals surface area contributed by atoms with E-state index in [2.05, 4.69) is 10.3 Å². The van der Waals surface area contributed by atoms with Crippen LogP contribution < -0.4 is 5.32 Å². The summed E-state index contributed by atoms with van der Waals surface area (Å²) < 4.78 is 24.4. The van der Waals surface area contributed by atoms with E-state index in [1.807, 2.05) is 0 Å². The Hall–Kier alpha value is -1.54. The van der Waals surface area contributed by atoms with E-state index in [4.69, 9.17) is 0 Å². The van der Waals surface area contributed by atoms with Crippen LogP contribution in [0.15, 0.2) is 23.4 Å². The quantitative estimate of drug-likeness (QED) is 0.635. The zero-order valence-corrected chi connectivity index (χ0v) is 10.4. The molecule has 1 unspecified atom stereocenters. The van der Waals surface area contributed by atoms with Crippen LogP contribution in [-0.2, 0) is 9.84 Å². The van der Waals surface area contributed by atoms with Crippen LogP contribution in [0, 0.1) is 10.1 Å². The van der Waals surface area contributed by atoms with Gasteiger partial charge in [-0.1, -0.05) is 0 Å². The molecule has 0 aromatic carbocycles. The van der Waals surface area contributed by atoms with Gasteiger partial charge in [0.15, 0.2) is 14.9 Å². The molecule has 1 saturated heterocycles. The summed E-state index contributed by atoms with van der Waals surface area (Å²) in [6.45, 7) is 1.22. The highest BCUT2D eigenvalue weighted by atomic mass is 32.2. The Morgan fingerprint density at radius 1 is 1.44 bits per heavy atom. The first kappa shape index (κ1) is 12.9. The van der Waals surface area contributed by atoms with Crippen molar-refractivity contribution >= 4 is 15.5 Å². The lowest BCUT2D eigenvalue weighted by Gasteiger charge is -2.22. The van der Waals surface area contributed by atoms with Crippen LogP contribution in [0.3, 0.4) is 0 Å². The van der Waals surface area contributed by atoms with E-state index in [0.29, 0.717) is 13.0 Å². The average Bonchev–Trinajstić information content (AvgIpc) is 2.40. The molecule has 98 valence electrons. The van der Waals surface area contributed by atoms with Gasteiger partial charge in [-0.05, 0) is 25.5 Å². The first-order valence-corrected chi connectivity index (χ1v) is 7.11. The van der Waals surface area contributed by atoms with Gasteiger partial charge in [0.25, 0.3) is 5.69 Å². The van der Waals surface area contributed by atoms with Gasteiger partial charge in [0.1, 0.15) is 6.20 Å². The maximum atomic E-state index is 12.2. The Morgan fingerprint density at radius 2 is 2.22 bits per heavy atom. The molecular weight excluding hydrogens is 258 g/mol. The largest absolute Gasteiger partial charge is 0.315 e. The molecule has 2 rings (SSSR count). The average molecular weight is 271 g/mol. The van der Waals surface area contributed by atoms with Crippen LogP contribution in [0.2, 0.25) is 0 Å². The second-order valence-electron chi connectivity index (χ2n) is 4.13. The fourth-order valence-electron chi connectivity index (χ4n) is 1.90. The summed E-state index contributed by atoms with van der Waals surface area (Å²) in [5.74, 6) is 0. The summed E-state index contributed by atoms with van der Waals surface area (Å²) >= 11 is 0. The van der Waals surface area contributed by atoms with E-state index < -0.39 is 20.0 Å². The number of sulfone groups is 1. The topological polar surface area (TPSA) is 102 Å². The lowest BCUT2D eigenvalue weighted by Crippen LogP contribution is -2.39. The van der Waals surface area contributed by atoms with Gasteiger partial charge in [0.2, 0.25) is 0 Å². The maximum Gasteiger partial charge on any atom is 0.287 e. The lowest BCUT2D eigenvalue weighted by molar-refractivity contribution is -0.385. The Labute approximate surface area is 104 Å². The molecule has 0 saturated carbocycles. The van der Waals surface area contributed by atoms with Crippen LogP contribution in [0.25, 0.3) is 0 Å². The van der Waals surface area contributed by atoms with E-state index in [0.717, 1.165) is 25.2 Å². The second kappa shape index (κ2) is 4.99. The molecule has 1 aromatic heterocycles. The summed E-state index contributed by atoms with van der Waals surface area (Å²) in [6.07, 6.45) is 2.37. The third kappa shape index (κ3) is 2.49. The summed E-state index contributed by atoms with van der Waals surface area (Å²) in [4.78, 5) is 13.6. The number of aromatic nitrogens is 1. The monoisotopic (exact) mass is 271 g/mol. The summed E-state index contributed by atoms with van der Waals surface area (Å²) in [5, 5.41) is 12.9. The Kier molecular flexibility index (Phi) is 3.58. The fraction of sp³-hybridized carbons (Fsp3) is 0.500. The molecule has 0 radical (unpaired) electrons. The van der Waals surface area contributed by atoms with Gasteiger partial charge in [-0.15, -0.1) is 0 Å². The van der Waals surface area contributed by atoms with Crippen molar-refractivity contribution < 1.29 is 13.3 Å². The van der Waals surface area contributed by atoms with Crippen molar-refractivity contribution in [3.8, 4) is 0 Å². The zero-order valence-electron chi connectivity index (χ0n) is 9.57. The number of hydrogen-bond donors (Lipinski definition) is 1. The van der Waals surface area contributed by atoms with Crippen LogP contribution in [0.5, 0.6) is 0 Å². The minimum atomic E-state index is -3.50. The standard InChI is InChI=1S/C10H13N3O4S/c14-13(15)8-3-4-10(12-6-8)18(16,17)9-2-1-5-11-7-9/h3-4,6,9,11H,1-2,5,7H2. The van der Waals surface area contributed by atoms with Crippen molar-refractivity contribution in [3.63, 3.8) is 0 Å². The number of hydrogen-bond acceptors (Lipinski definition) is 6. The molecule has 1 aromatic rings. The van der Waals surface area contributed by atoms with Gasteiger partial charge in [-0.25, -0.2) is 13.4 Å². The summed E-state index contributed by atoms with van der Waals surface area (Å²) in [7, 11) is -3.50. The number of rotatable bonds is 3. The molecule has 18 heavy (non-hydrogen) atoms. The van der Waals surface area contributed by atoms with Crippen LogP contribution in [0.1, 0.15) is 12.8 Å². The summed E-state index contributed by atoms with van der Waals surface area (Å²) in [6, 6.07) is 2.36. The molecule has 1 fully saturated rings. The van der Waals surface area contributed by atoms with Crippen molar-refractivity contribution in [2.75, 3.05) is 13.1 Å². The normalized spacial score (nSPS) is 20.6. The number of piperidine rings is 1. The van der Waals surface area contributed by atoms with E-state index in [9.17, 15) is 18.5 Å². The number of pyridine rings is 1. The van der Waals surface area contributed by atoms with Gasteiger partial charge in [-0.3, -0.25) is 10.1 Å². The number of nitro groups is 1. The molecule has 1 aliphatic rings. The minimum absolute atomic E-state index is 0.0956.